The lowest BCUT2D eigenvalue weighted by Gasteiger charge is -2.37. The fourth-order valence-electron chi connectivity index (χ4n) is 2.74. The van der Waals surface area contributed by atoms with E-state index in [2.05, 4.69) is 29.6 Å². The van der Waals surface area contributed by atoms with Crippen molar-refractivity contribution in [3.63, 3.8) is 0 Å². The van der Waals surface area contributed by atoms with Gasteiger partial charge in [0.2, 0.25) is 11.8 Å². The van der Waals surface area contributed by atoms with Gasteiger partial charge in [-0.1, -0.05) is 12.1 Å². The van der Waals surface area contributed by atoms with Crippen molar-refractivity contribution in [3.05, 3.63) is 11.8 Å². The number of hydrogen-bond acceptors (Lipinski definition) is 5. The largest absolute Gasteiger partial charge is 0.360 e. The highest BCUT2D eigenvalue weighted by Crippen LogP contribution is 2.31. The SMILES string of the molecule is Cc1cc(NC(=O)CSCC(=O)NC2(C)CCC(C)CC2)no1. The van der Waals surface area contributed by atoms with Crippen LogP contribution in [0.1, 0.15) is 45.3 Å². The number of amides is 2. The fraction of sp³-hybridized carbons (Fsp3) is 0.688. The van der Waals surface area contributed by atoms with Crippen molar-refractivity contribution in [1.82, 2.24) is 10.5 Å². The topological polar surface area (TPSA) is 84.2 Å². The molecule has 0 unspecified atom stereocenters. The molecule has 1 aromatic heterocycles. The van der Waals surface area contributed by atoms with E-state index < -0.39 is 0 Å². The van der Waals surface area contributed by atoms with E-state index in [1.165, 1.54) is 11.8 Å². The molecule has 1 heterocycles. The minimum absolute atomic E-state index is 0.00265. The molecule has 2 rings (SSSR count). The van der Waals surface area contributed by atoms with Gasteiger partial charge in [-0.25, -0.2) is 0 Å². The zero-order valence-electron chi connectivity index (χ0n) is 14.0. The minimum atomic E-state index is -0.186. The molecule has 23 heavy (non-hydrogen) atoms. The Morgan fingerprint density at radius 3 is 2.61 bits per heavy atom. The van der Waals surface area contributed by atoms with Crippen molar-refractivity contribution in [1.29, 1.82) is 0 Å². The molecule has 0 saturated heterocycles. The predicted octanol–water partition coefficient (Wildman–Crippen LogP) is 2.74. The first-order chi connectivity index (χ1) is 10.9. The monoisotopic (exact) mass is 339 g/mol. The quantitative estimate of drug-likeness (QED) is 0.832. The number of carbonyl (C=O) groups is 2. The first-order valence-electron chi connectivity index (χ1n) is 7.98. The van der Waals surface area contributed by atoms with Gasteiger partial charge >= 0.3 is 0 Å². The normalized spacial score (nSPS) is 24.2. The zero-order chi connectivity index (χ0) is 16.9. The molecular formula is C16H25N3O3S. The summed E-state index contributed by atoms with van der Waals surface area (Å²) in [5.41, 5.74) is -0.0926. The Morgan fingerprint density at radius 1 is 1.35 bits per heavy atom. The molecule has 0 spiro atoms. The van der Waals surface area contributed by atoms with E-state index in [1.54, 1.807) is 13.0 Å². The summed E-state index contributed by atoms with van der Waals surface area (Å²) in [4.78, 5) is 23.8. The summed E-state index contributed by atoms with van der Waals surface area (Å²) < 4.78 is 4.88. The summed E-state index contributed by atoms with van der Waals surface area (Å²) >= 11 is 1.30. The van der Waals surface area contributed by atoms with Gasteiger partial charge in [0, 0.05) is 11.6 Å². The predicted molar refractivity (Wildman–Crippen MR) is 91.4 cm³/mol. The molecule has 2 N–H and O–H groups in total. The lowest BCUT2D eigenvalue weighted by molar-refractivity contribution is -0.120. The van der Waals surface area contributed by atoms with Crippen LogP contribution in [0.25, 0.3) is 0 Å². The maximum absolute atomic E-state index is 12.1. The van der Waals surface area contributed by atoms with Crippen LogP contribution >= 0.6 is 11.8 Å². The molecule has 1 aliphatic rings. The van der Waals surface area contributed by atoms with Crippen LogP contribution in [0.4, 0.5) is 5.82 Å². The molecule has 2 amide bonds. The third kappa shape index (κ3) is 5.89. The number of nitrogens with one attached hydrogen (secondary N) is 2. The molecule has 0 radical (unpaired) electrons. The summed E-state index contributed by atoms with van der Waals surface area (Å²) in [6, 6.07) is 1.65. The van der Waals surface area contributed by atoms with Crippen molar-refractivity contribution in [2.75, 3.05) is 16.8 Å². The third-order valence-corrected chi connectivity index (χ3v) is 5.11. The van der Waals surface area contributed by atoms with Crippen LogP contribution in [-0.4, -0.2) is 34.0 Å². The third-order valence-electron chi connectivity index (χ3n) is 4.18. The Hall–Kier alpha value is -1.50. The number of carbonyl (C=O) groups excluding carboxylic acids is 2. The van der Waals surface area contributed by atoms with Gasteiger partial charge in [0.15, 0.2) is 5.82 Å². The van der Waals surface area contributed by atoms with Gasteiger partial charge in [-0.3, -0.25) is 9.59 Å². The molecule has 7 heteroatoms. The zero-order valence-corrected chi connectivity index (χ0v) is 14.8. The molecule has 0 aromatic carbocycles. The molecule has 128 valence electrons. The average molecular weight is 339 g/mol. The van der Waals surface area contributed by atoms with Crippen LogP contribution in [0.2, 0.25) is 0 Å². The van der Waals surface area contributed by atoms with Crippen LogP contribution in [0.15, 0.2) is 10.6 Å². The molecular weight excluding hydrogens is 314 g/mol. The molecule has 0 bridgehead atoms. The van der Waals surface area contributed by atoms with E-state index in [0.29, 0.717) is 11.6 Å². The maximum atomic E-state index is 12.1. The lowest BCUT2D eigenvalue weighted by atomic mass is 9.78. The van der Waals surface area contributed by atoms with E-state index in [1.807, 2.05) is 0 Å². The molecule has 0 atom stereocenters. The van der Waals surface area contributed by atoms with Crippen LogP contribution < -0.4 is 10.6 Å². The summed E-state index contributed by atoms with van der Waals surface area (Å²) in [6.45, 7) is 6.13. The van der Waals surface area contributed by atoms with E-state index >= 15 is 0 Å². The first kappa shape index (κ1) is 17.8. The molecule has 1 aromatic rings. The maximum Gasteiger partial charge on any atom is 0.235 e. The number of rotatable bonds is 6. The smallest absolute Gasteiger partial charge is 0.235 e. The van der Waals surface area contributed by atoms with Crippen molar-refractivity contribution < 1.29 is 14.1 Å². The van der Waals surface area contributed by atoms with Gasteiger partial charge in [0.05, 0.1) is 11.5 Å². The number of aromatic nitrogens is 1. The Bertz CT molecular complexity index is 551. The second-order valence-electron chi connectivity index (χ2n) is 6.66. The molecule has 6 nitrogen and oxygen atoms in total. The number of thioether (sulfide) groups is 1. The average Bonchev–Trinajstić information content (AvgIpc) is 2.87. The molecule has 1 saturated carbocycles. The van der Waals surface area contributed by atoms with Crippen molar-refractivity contribution >= 4 is 29.4 Å². The van der Waals surface area contributed by atoms with Gasteiger partial charge in [-0.05, 0) is 45.4 Å². The molecule has 1 fully saturated rings. The lowest BCUT2D eigenvalue weighted by Crippen LogP contribution is -2.48. The highest BCUT2D eigenvalue weighted by Gasteiger charge is 2.30. The van der Waals surface area contributed by atoms with Gasteiger partial charge in [-0.2, -0.15) is 0 Å². The Morgan fingerprint density at radius 2 is 2.00 bits per heavy atom. The summed E-state index contributed by atoms with van der Waals surface area (Å²) in [5.74, 6) is 2.11. The standard InChI is InChI=1S/C16H25N3O3S/c1-11-4-6-16(3,7-5-11)18-15(21)10-23-9-14(20)17-13-8-12(2)22-19-13/h8,11H,4-7,9-10H2,1-3H3,(H,18,21)(H,17,19,20). The van der Waals surface area contributed by atoms with E-state index in [0.717, 1.165) is 31.6 Å². The second-order valence-corrected chi connectivity index (χ2v) is 7.64. The first-order valence-corrected chi connectivity index (χ1v) is 9.14. The van der Waals surface area contributed by atoms with Gasteiger partial charge < -0.3 is 15.2 Å². The summed E-state index contributed by atoms with van der Waals surface area (Å²) in [7, 11) is 0. The summed E-state index contributed by atoms with van der Waals surface area (Å²) in [5, 5.41) is 9.45. The number of aryl methyl sites for hydroxylation is 1. The van der Waals surface area contributed by atoms with E-state index in [-0.39, 0.29) is 28.9 Å². The Balaban J connectivity index is 1.65. The van der Waals surface area contributed by atoms with E-state index in [4.69, 9.17) is 4.52 Å². The number of anilines is 1. The highest BCUT2D eigenvalue weighted by atomic mass is 32.2. The Kier molecular flexibility index (Phi) is 6.10. The summed E-state index contributed by atoms with van der Waals surface area (Å²) in [6.07, 6.45) is 4.36. The van der Waals surface area contributed by atoms with Crippen molar-refractivity contribution in [2.45, 2.75) is 52.0 Å². The molecule has 1 aliphatic carbocycles. The van der Waals surface area contributed by atoms with Crippen LogP contribution in [0.5, 0.6) is 0 Å². The fourth-order valence-corrected chi connectivity index (χ4v) is 3.35. The minimum Gasteiger partial charge on any atom is -0.360 e. The van der Waals surface area contributed by atoms with Crippen LogP contribution in [0.3, 0.4) is 0 Å². The van der Waals surface area contributed by atoms with Crippen LogP contribution in [-0.2, 0) is 9.59 Å². The number of hydrogen-bond donors (Lipinski definition) is 2. The van der Waals surface area contributed by atoms with Gasteiger partial charge in [-0.15, -0.1) is 11.8 Å². The number of nitrogens with zero attached hydrogens (tertiary/aromatic N) is 1. The van der Waals surface area contributed by atoms with Gasteiger partial charge in [0.1, 0.15) is 5.76 Å². The second kappa shape index (κ2) is 7.86. The molecule has 0 aliphatic heterocycles. The van der Waals surface area contributed by atoms with Crippen molar-refractivity contribution in [2.24, 2.45) is 5.92 Å². The van der Waals surface area contributed by atoms with Crippen molar-refractivity contribution in [3.8, 4) is 0 Å². The van der Waals surface area contributed by atoms with E-state index in [9.17, 15) is 9.59 Å². The highest BCUT2D eigenvalue weighted by molar-refractivity contribution is 8.00. The Labute approximate surface area is 141 Å². The van der Waals surface area contributed by atoms with Gasteiger partial charge in [0.25, 0.3) is 0 Å². The van der Waals surface area contributed by atoms with Crippen LogP contribution in [0, 0.1) is 12.8 Å².